The van der Waals surface area contributed by atoms with E-state index < -0.39 is 11.9 Å². The molecule has 3 rings (SSSR count). The smallest absolute Gasteiger partial charge is 0.329 e. The number of rotatable bonds is 6. The maximum Gasteiger partial charge on any atom is 0.329 e. The van der Waals surface area contributed by atoms with Crippen LogP contribution in [0.1, 0.15) is 24.4 Å². The van der Waals surface area contributed by atoms with Crippen molar-refractivity contribution in [3.05, 3.63) is 34.2 Å². The van der Waals surface area contributed by atoms with Gasteiger partial charge in [0.25, 0.3) is 0 Å². The van der Waals surface area contributed by atoms with Crippen LogP contribution in [0.25, 0.3) is 11.0 Å². The third-order valence-corrected chi connectivity index (χ3v) is 4.58. The lowest BCUT2D eigenvalue weighted by molar-refractivity contribution is -0.135. The predicted octanol–water partition coefficient (Wildman–Crippen LogP) is 0.336. The van der Waals surface area contributed by atoms with Gasteiger partial charge in [0.15, 0.2) is 0 Å². The molecule has 150 valence electrons. The minimum atomic E-state index is -0.724. The van der Waals surface area contributed by atoms with Crippen LogP contribution in [-0.4, -0.2) is 47.4 Å². The highest BCUT2D eigenvalue weighted by Crippen LogP contribution is 2.24. The third-order valence-electron chi connectivity index (χ3n) is 4.58. The Kier molecular flexibility index (Phi) is 6.50. The number of benzene rings is 1. The molecule has 0 aliphatic carbocycles. The summed E-state index contributed by atoms with van der Waals surface area (Å²) >= 11 is 0. The van der Waals surface area contributed by atoms with Crippen molar-refractivity contribution >= 4 is 22.8 Å². The number of imide groups is 1. The van der Waals surface area contributed by atoms with Crippen LogP contribution in [-0.2, 0) is 26.1 Å². The number of carbonyl (C=O) groups is 2. The van der Waals surface area contributed by atoms with E-state index in [0.717, 1.165) is 0 Å². The van der Waals surface area contributed by atoms with Crippen LogP contribution >= 0.6 is 0 Å². The number of hydrogen-bond acceptors (Lipinski definition) is 5. The molecule has 1 N–H and O–H groups in total. The molecular weight excluding hydrogens is 374 g/mol. The van der Waals surface area contributed by atoms with E-state index in [0.29, 0.717) is 29.8 Å². The number of piperidine rings is 1. The van der Waals surface area contributed by atoms with Crippen molar-refractivity contribution < 1.29 is 19.1 Å². The van der Waals surface area contributed by atoms with E-state index in [1.165, 1.54) is 9.13 Å². The number of imidazole rings is 1. The van der Waals surface area contributed by atoms with Crippen LogP contribution in [0, 0.1) is 24.2 Å². The van der Waals surface area contributed by atoms with Crippen molar-refractivity contribution in [2.75, 3.05) is 26.4 Å². The molecule has 2 aromatic rings. The van der Waals surface area contributed by atoms with E-state index in [2.05, 4.69) is 23.1 Å². The van der Waals surface area contributed by atoms with Gasteiger partial charge >= 0.3 is 5.69 Å². The van der Waals surface area contributed by atoms with Gasteiger partial charge < -0.3 is 9.47 Å². The van der Waals surface area contributed by atoms with Gasteiger partial charge in [-0.25, -0.2) is 4.79 Å². The quantitative estimate of drug-likeness (QED) is 0.433. The lowest BCUT2D eigenvalue weighted by Crippen LogP contribution is -2.44. The molecule has 1 fully saturated rings. The fraction of sp³-hybridized carbons (Fsp3) is 0.381. The zero-order valence-electron chi connectivity index (χ0n) is 16.1. The van der Waals surface area contributed by atoms with Gasteiger partial charge in [0.05, 0.1) is 29.8 Å². The predicted molar refractivity (Wildman–Crippen MR) is 106 cm³/mol. The maximum atomic E-state index is 12.8. The van der Waals surface area contributed by atoms with E-state index in [1.807, 2.05) is 0 Å². The molecular formula is C21H21N3O5. The number of hydrogen-bond donors (Lipinski definition) is 1. The van der Waals surface area contributed by atoms with Crippen molar-refractivity contribution in [3.8, 4) is 24.2 Å². The molecule has 1 aromatic carbocycles. The number of ether oxygens (including phenoxy) is 2. The van der Waals surface area contributed by atoms with Crippen LogP contribution in [0.2, 0.25) is 0 Å². The van der Waals surface area contributed by atoms with Gasteiger partial charge in [-0.15, -0.1) is 6.42 Å². The highest BCUT2D eigenvalue weighted by Gasteiger charge is 2.31. The molecule has 1 atom stereocenters. The summed E-state index contributed by atoms with van der Waals surface area (Å²) in [6, 6.07) is 4.63. The Morgan fingerprint density at radius 3 is 2.69 bits per heavy atom. The number of nitrogens with one attached hydrogen (secondary N) is 1. The fourth-order valence-electron chi connectivity index (χ4n) is 3.27. The van der Waals surface area contributed by atoms with E-state index >= 15 is 0 Å². The number of aromatic nitrogens is 2. The number of para-hydroxylation sites is 1. The van der Waals surface area contributed by atoms with Crippen molar-refractivity contribution in [3.63, 3.8) is 0 Å². The van der Waals surface area contributed by atoms with E-state index in [1.54, 1.807) is 25.2 Å². The lowest BCUT2D eigenvalue weighted by Gasteiger charge is -2.21. The molecule has 1 unspecified atom stereocenters. The minimum absolute atomic E-state index is 0.196. The largest absolute Gasteiger partial charge is 0.366 e. The highest BCUT2D eigenvalue weighted by molar-refractivity contribution is 6.00. The van der Waals surface area contributed by atoms with Gasteiger partial charge in [0, 0.05) is 13.5 Å². The number of nitrogens with zero attached hydrogens (tertiary/aromatic N) is 2. The Morgan fingerprint density at radius 2 is 1.97 bits per heavy atom. The molecule has 8 nitrogen and oxygen atoms in total. The first kappa shape index (κ1) is 20.4. The van der Waals surface area contributed by atoms with Crippen LogP contribution in [0.5, 0.6) is 0 Å². The Labute approximate surface area is 167 Å². The number of amides is 2. The summed E-state index contributed by atoms with van der Waals surface area (Å²) < 4.78 is 13.4. The molecule has 29 heavy (non-hydrogen) atoms. The number of aryl methyl sites for hydroxylation is 1. The minimum Gasteiger partial charge on any atom is -0.366 e. The van der Waals surface area contributed by atoms with Crippen LogP contribution in [0.4, 0.5) is 0 Å². The molecule has 0 radical (unpaired) electrons. The number of carbonyl (C=O) groups excluding carboxylic acids is 2. The van der Waals surface area contributed by atoms with Gasteiger partial charge in [-0.1, -0.05) is 23.8 Å². The molecule has 2 heterocycles. The average Bonchev–Trinajstić information content (AvgIpc) is 2.95. The summed E-state index contributed by atoms with van der Waals surface area (Å²) in [7, 11) is 1.64. The van der Waals surface area contributed by atoms with Gasteiger partial charge in [-0.05, 0) is 18.6 Å². The van der Waals surface area contributed by atoms with Crippen LogP contribution in [0.3, 0.4) is 0 Å². The molecule has 1 aliphatic heterocycles. The molecule has 8 heteroatoms. The second-order valence-corrected chi connectivity index (χ2v) is 6.46. The van der Waals surface area contributed by atoms with Gasteiger partial charge in [-0.3, -0.25) is 24.0 Å². The van der Waals surface area contributed by atoms with Crippen molar-refractivity contribution in [2.45, 2.75) is 18.9 Å². The fourth-order valence-corrected chi connectivity index (χ4v) is 3.27. The monoisotopic (exact) mass is 395 g/mol. The first-order valence-corrected chi connectivity index (χ1v) is 9.16. The Morgan fingerprint density at radius 1 is 1.21 bits per heavy atom. The summed E-state index contributed by atoms with van der Waals surface area (Å²) in [4.78, 5) is 36.5. The van der Waals surface area contributed by atoms with Crippen molar-refractivity contribution in [1.82, 2.24) is 14.5 Å². The van der Waals surface area contributed by atoms with Crippen molar-refractivity contribution in [1.29, 1.82) is 0 Å². The third kappa shape index (κ3) is 4.40. The molecule has 0 bridgehead atoms. The molecule has 1 aromatic heterocycles. The van der Waals surface area contributed by atoms with E-state index in [9.17, 15) is 14.4 Å². The maximum absolute atomic E-state index is 12.8. The second-order valence-electron chi connectivity index (χ2n) is 6.46. The van der Waals surface area contributed by atoms with E-state index in [4.69, 9.17) is 15.9 Å². The molecule has 0 spiro atoms. The van der Waals surface area contributed by atoms with Crippen molar-refractivity contribution in [2.24, 2.45) is 7.05 Å². The summed E-state index contributed by atoms with van der Waals surface area (Å²) in [6.07, 6.45) is 5.57. The molecule has 1 saturated heterocycles. The van der Waals surface area contributed by atoms with Crippen LogP contribution in [0.15, 0.2) is 23.0 Å². The first-order chi connectivity index (χ1) is 14.0. The Balaban J connectivity index is 1.83. The molecule has 2 amide bonds. The normalized spacial score (nSPS) is 16.2. The average molecular weight is 395 g/mol. The number of terminal acetylenes is 1. The highest BCUT2D eigenvalue weighted by atomic mass is 16.5. The molecule has 1 aliphatic rings. The summed E-state index contributed by atoms with van der Waals surface area (Å²) in [5, 5.41) is 2.30. The van der Waals surface area contributed by atoms with Gasteiger partial charge in [0.2, 0.25) is 11.8 Å². The van der Waals surface area contributed by atoms with Gasteiger partial charge in [-0.2, -0.15) is 0 Å². The first-order valence-electron chi connectivity index (χ1n) is 9.16. The summed E-state index contributed by atoms with van der Waals surface area (Å²) in [6.45, 7) is 1.22. The zero-order valence-corrected chi connectivity index (χ0v) is 16.1. The Hall–Kier alpha value is -3.33. The SMILES string of the molecule is C#CCOCCOCC#Cc1cccc2c1n(C)c(=O)n2C1CCC(=O)NC1=O. The lowest BCUT2D eigenvalue weighted by atomic mass is 10.1. The van der Waals surface area contributed by atoms with E-state index in [-0.39, 0.29) is 37.7 Å². The van der Waals surface area contributed by atoms with Crippen LogP contribution < -0.4 is 11.0 Å². The van der Waals surface area contributed by atoms with Gasteiger partial charge in [0.1, 0.15) is 19.3 Å². The molecule has 0 saturated carbocycles. The second kappa shape index (κ2) is 9.24. The number of fused-ring (bicyclic) bond motifs is 1. The zero-order chi connectivity index (χ0) is 20.8. The summed E-state index contributed by atoms with van der Waals surface area (Å²) in [5.41, 5.74) is 1.56. The Bertz CT molecular complexity index is 1090. The topological polar surface area (TPSA) is 91.6 Å². The summed E-state index contributed by atoms with van der Waals surface area (Å²) in [5.74, 6) is 7.52. The standard InChI is InChI=1S/C21H21N3O5/c1-3-11-28-13-14-29-12-5-7-15-6-4-8-16-19(15)23(2)21(27)24(16)17-9-10-18(25)22-20(17)26/h1,4,6,8,17H,9-14H2,2H3,(H,22,25,26).